The molecule has 0 unspecified atom stereocenters. The highest BCUT2D eigenvalue weighted by molar-refractivity contribution is 7.90. The van der Waals surface area contributed by atoms with Crippen LogP contribution in [0.1, 0.15) is 0 Å². The molecule has 0 aromatic carbocycles. The third-order valence-corrected chi connectivity index (χ3v) is 2.35. The Morgan fingerprint density at radius 2 is 2.15 bits per heavy atom. The number of carbonyl (C=O) groups excluding carboxylic acids is 1. The summed E-state index contributed by atoms with van der Waals surface area (Å²) in [6, 6.07) is 0. The molecule has 0 heterocycles. The van der Waals surface area contributed by atoms with E-state index in [9.17, 15) is 13.2 Å². The predicted octanol–water partition coefficient (Wildman–Crippen LogP) is -0.169. The first-order valence-electron chi connectivity index (χ1n) is 3.25. The Labute approximate surface area is 81.8 Å². The first-order chi connectivity index (χ1) is 5.87. The molecule has 0 saturated heterocycles. The Morgan fingerprint density at radius 1 is 1.62 bits per heavy atom. The van der Waals surface area contributed by atoms with E-state index < -0.39 is 21.7 Å². The van der Waals surface area contributed by atoms with Crippen molar-refractivity contribution in [1.29, 1.82) is 0 Å². The number of hydrogen-bond donors (Lipinski definition) is 1. The van der Waals surface area contributed by atoms with Crippen molar-refractivity contribution in [3.8, 4) is 0 Å². The van der Waals surface area contributed by atoms with Gasteiger partial charge in [-0.15, -0.1) is 0 Å². The number of hydrogen-bond acceptors (Lipinski definition) is 4. The number of rotatable bonds is 5. The second kappa shape index (κ2) is 5.21. The number of ether oxygens (including phenoxy) is 1. The van der Waals surface area contributed by atoms with Crippen LogP contribution in [-0.4, -0.2) is 33.8 Å². The molecule has 0 spiro atoms. The molecular formula is C6H10ClNO4S. The lowest BCUT2D eigenvalue weighted by atomic mass is 10.7. The average Bonchev–Trinajstić information content (AvgIpc) is 2.00. The van der Waals surface area contributed by atoms with Crippen molar-refractivity contribution in [3.63, 3.8) is 0 Å². The molecule has 0 bridgehead atoms. The molecule has 0 aliphatic rings. The minimum Gasteiger partial charge on any atom is -0.468 e. The van der Waals surface area contributed by atoms with Crippen molar-refractivity contribution >= 4 is 27.6 Å². The lowest BCUT2D eigenvalue weighted by Gasteiger charge is -2.03. The van der Waals surface area contributed by atoms with E-state index in [-0.39, 0.29) is 11.6 Å². The second-order valence-electron chi connectivity index (χ2n) is 2.17. The van der Waals surface area contributed by atoms with Crippen LogP contribution in [0.25, 0.3) is 0 Å². The van der Waals surface area contributed by atoms with Gasteiger partial charge in [-0.25, -0.2) is 13.1 Å². The molecule has 0 radical (unpaired) electrons. The molecule has 13 heavy (non-hydrogen) atoms. The molecule has 0 amide bonds. The van der Waals surface area contributed by atoms with Crippen LogP contribution in [0.15, 0.2) is 11.6 Å². The Bertz CT molecular complexity index is 298. The third kappa shape index (κ3) is 6.56. The summed E-state index contributed by atoms with van der Waals surface area (Å²) >= 11 is 5.32. The van der Waals surface area contributed by atoms with E-state index in [1.807, 2.05) is 0 Å². The maximum atomic E-state index is 11.0. The smallest absolute Gasteiger partial charge is 0.322 e. The summed E-state index contributed by atoms with van der Waals surface area (Å²) in [6.45, 7) is 3.18. The van der Waals surface area contributed by atoms with Gasteiger partial charge in [0.1, 0.15) is 0 Å². The van der Waals surface area contributed by atoms with E-state index in [0.29, 0.717) is 0 Å². The fraction of sp³-hybridized carbons (Fsp3) is 0.500. The largest absolute Gasteiger partial charge is 0.468 e. The number of esters is 1. The van der Waals surface area contributed by atoms with E-state index in [0.717, 1.165) is 7.11 Å². The average molecular weight is 228 g/mol. The van der Waals surface area contributed by atoms with E-state index in [1.54, 1.807) is 0 Å². The predicted molar refractivity (Wildman–Crippen MR) is 48.8 cm³/mol. The van der Waals surface area contributed by atoms with Crippen LogP contribution >= 0.6 is 11.6 Å². The summed E-state index contributed by atoms with van der Waals surface area (Å²) in [7, 11) is -2.55. The lowest BCUT2D eigenvalue weighted by molar-refractivity contribution is -0.137. The van der Waals surface area contributed by atoms with Gasteiger partial charge in [-0.3, -0.25) is 4.79 Å². The van der Waals surface area contributed by atoms with E-state index in [2.05, 4.69) is 16.0 Å². The molecule has 0 aromatic heterocycles. The van der Waals surface area contributed by atoms with Crippen LogP contribution in [0, 0.1) is 0 Å². The minimum absolute atomic E-state index is 0.0963. The maximum Gasteiger partial charge on any atom is 0.322 e. The van der Waals surface area contributed by atoms with Crippen molar-refractivity contribution in [2.75, 3.05) is 19.4 Å². The summed E-state index contributed by atoms with van der Waals surface area (Å²) in [5.41, 5.74) is 0. The summed E-state index contributed by atoms with van der Waals surface area (Å²) < 4.78 is 28.2. The molecule has 0 fully saturated rings. The van der Waals surface area contributed by atoms with Gasteiger partial charge in [-0.2, -0.15) is 0 Å². The molecule has 7 heteroatoms. The quantitative estimate of drug-likeness (QED) is 0.662. The Kier molecular flexibility index (Phi) is 4.97. The number of methoxy groups -OCH3 is 1. The van der Waals surface area contributed by atoms with Crippen LogP contribution in [-0.2, 0) is 19.6 Å². The summed E-state index contributed by atoms with van der Waals surface area (Å²) in [6.07, 6.45) is 0. The molecule has 5 nitrogen and oxygen atoms in total. The van der Waals surface area contributed by atoms with E-state index >= 15 is 0 Å². The van der Waals surface area contributed by atoms with Gasteiger partial charge in [0.25, 0.3) is 0 Å². The van der Waals surface area contributed by atoms with Crippen molar-refractivity contribution in [2.24, 2.45) is 0 Å². The van der Waals surface area contributed by atoms with Crippen molar-refractivity contribution < 1.29 is 17.9 Å². The Balaban J connectivity index is 4.10. The van der Waals surface area contributed by atoms with Crippen LogP contribution in [0.2, 0.25) is 0 Å². The van der Waals surface area contributed by atoms with Crippen LogP contribution in [0.5, 0.6) is 0 Å². The van der Waals surface area contributed by atoms with Crippen molar-refractivity contribution in [3.05, 3.63) is 11.6 Å². The monoisotopic (exact) mass is 227 g/mol. The molecule has 0 rings (SSSR count). The molecule has 0 aliphatic heterocycles. The summed E-state index contributed by atoms with van der Waals surface area (Å²) in [4.78, 5) is 10.6. The zero-order valence-electron chi connectivity index (χ0n) is 7.04. The summed E-state index contributed by atoms with van der Waals surface area (Å²) in [5.74, 6) is -1.54. The molecule has 76 valence electrons. The van der Waals surface area contributed by atoms with Gasteiger partial charge in [-0.05, 0) is 0 Å². The second-order valence-corrected chi connectivity index (χ2v) is 4.51. The molecule has 0 atom stereocenters. The first kappa shape index (κ1) is 12.4. The van der Waals surface area contributed by atoms with Crippen LogP contribution < -0.4 is 4.72 Å². The fourth-order valence-corrected chi connectivity index (χ4v) is 1.52. The van der Waals surface area contributed by atoms with Gasteiger partial charge in [0, 0.05) is 11.6 Å². The fourth-order valence-electron chi connectivity index (χ4n) is 0.453. The molecule has 1 N–H and O–H groups in total. The van der Waals surface area contributed by atoms with E-state index in [1.165, 1.54) is 0 Å². The number of halogens is 1. The topological polar surface area (TPSA) is 72.5 Å². The number of carbonyl (C=O) groups is 1. The van der Waals surface area contributed by atoms with Crippen molar-refractivity contribution in [1.82, 2.24) is 4.72 Å². The highest BCUT2D eigenvalue weighted by atomic mass is 35.5. The Hall–Kier alpha value is -0.590. The van der Waals surface area contributed by atoms with Gasteiger partial charge in [-0.1, -0.05) is 18.2 Å². The molecule has 0 saturated carbocycles. The van der Waals surface area contributed by atoms with Crippen LogP contribution in [0.3, 0.4) is 0 Å². The zero-order chi connectivity index (χ0) is 10.5. The van der Waals surface area contributed by atoms with Gasteiger partial charge in [0.15, 0.2) is 5.75 Å². The standard InChI is InChI=1S/C6H10ClNO4S/c1-5(7)3-8-13(10,11)4-6(9)12-2/h8H,1,3-4H2,2H3. The van der Waals surface area contributed by atoms with Gasteiger partial charge >= 0.3 is 5.97 Å². The number of sulfonamides is 1. The molecule has 0 aliphatic carbocycles. The van der Waals surface area contributed by atoms with Crippen molar-refractivity contribution in [2.45, 2.75) is 0 Å². The first-order valence-corrected chi connectivity index (χ1v) is 5.28. The lowest BCUT2D eigenvalue weighted by Crippen LogP contribution is -2.31. The SMILES string of the molecule is C=C(Cl)CNS(=O)(=O)CC(=O)OC. The van der Waals surface area contributed by atoms with E-state index in [4.69, 9.17) is 11.6 Å². The number of nitrogens with one attached hydrogen (secondary N) is 1. The minimum atomic E-state index is -3.66. The van der Waals surface area contributed by atoms with Gasteiger partial charge in [0.2, 0.25) is 10.0 Å². The molecule has 0 aromatic rings. The zero-order valence-corrected chi connectivity index (χ0v) is 8.61. The highest BCUT2D eigenvalue weighted by Crippen LogP contribution is 1.95. The van der Waals surface area contributed by atoms with Crippen LogP contribution in [0.4, 0.5) is 0 Å². The third-order valence-electron chi connectivity index (χ3n) is 1.02. The maximum absolute atomic E-state index is 11.0. The normalized spacial score (nSPS) is 10.9. The molecular weight excluding hydrogens is 218 g/mol. The van der Waals surface area contributed by atoms with Gasteiger partial charge < -0.3 is 4.74 Å². The Morgan fingerprint density at radius 3 is 2.54 bits per heavy atom. The highest BCUT2D eigenvalue weighted by Gasteiger charge is 2.15. The van der Waals surface area contributed by atoms with Gasteiger partial charge in [0.05, 0.1) is 7.11 Å². The summed E-state index contributed by atoms with van der Waals surface area (Å²) in [5, 5.41) is 0.147.